The van der Waals surface area contributed by atoms with Gasteiger partial charge in [-0.25, -0.2) is 0 Å². The van der Waals surface area contributed by atoms with Crippen LogP contribution in [-0.2, 0) is 0 Å². The van der Waals surface area contributed by atoms with E-state index >= 15 is 0 Å². The number of para-hydroxylation sites is 6. The molecule has 22 aromatic carbocycles. The lowest BCUT2D eigenvalue weighted by Crippen LogP contribution is -2.16. The van der Waals surface area contributed by atoms with Gasteiger partial charge in [0.1, 0.15) is 0 Å². The highest BCUT2D eigenvalue weighted by atomic mass is 16.5. The number of benzene rings is 22. The topological polar surface area (TPSA) is 48.5 Å². The summed E-state index contributed by atoms with van der Waals surface area (Å²) in [7, 11) is 0. The van der Waals surface area contributed by atoms with Gasteiger partial charge in [-0.1, -0.05) is 255 Å². The van der Waals surface area contributed by atoms with E-state index in [1.165, 1.54) is 158 Å². The molecule has 6 aromatic heterocycles. The summed E-state index contributed by atoms with van der Waals surface area (Å²) >= 11 is 0. The Labute approximate surface area is 820 Å². The highest BCUT2D eigenvalue weighted by Crippen LogP contribution is 2.53. The molecule has 0 aliphatic carbocycles. The molecule has 1 aliphatic rings. The van der Waals surface area contributed by atoms with E-state index in [0.29, 0.717) is 0 Å². The van der Waals surface area contributed by atoms with Crippen LogP contribution in [0.3, 0.4) is 0 Å². The fourth-order valence-electron chi connectivity index (χ4n) is 21.8. The van der Waals surface area contributed by atoms with Crippen LogP contribution in [-0.4, -0.2) is 27.4 Å². The molecular formula is C132H91N9O. The van der Waals surface area contributed by atoms with Crippen LogP contribution in [0.25, 0.3) is 175 Å². The first-order chi connectivity index (χ1) is 70.2. The van der Waals surface area contributed by atoms with Crippen LogP contribution in [0.15, 0.2) is 516 Å². The van der Waals surface area contributed by atoms with Crippen molar-refractivity contribution in [3.05, 3.63) is 527 Å². The fourth-order valence-corrected chi connectivity index (χ4v) is 21.8. The van der Waals surface area contributed by atoms with Gasteiger partial charge < -0.3 is 46.8 Å². The first kappa shape index (κ1) is 82.6. The average Bonchev–Trinajstić information content (AvgIpc) is 1.57. The number of hydrogen-bond donors (Lipinski definition) is 0. The van der Waals surface area contributed by atoms with Gasteiger partial charge in [-0.05, 0) is 311 Å². The second-order valence-electron chi connectivity index (χ2n) is 37.1. The lowest BCUT2D eigenvalue weighted by atomic mass is 10.1. The third-order valence-electron chi connectivity index (χ3n) is 28.5. The Morgan fingerprint density at radius 3 is 0.859 bits per heavy atom. The molecule has 0 saturated carbocycles. The summed E-state index contributed by atoms with van der Waals surface area (Å²) in [4.78, 5) is 7.07. The number of ether oxygens (including phenoxy) is 1. The molecule has 142 heavy (non-hydrogen) atoms. The maximum atomic E-state index is 6.43. The van der Waals surface area contributed by atoms with Gasteiger partial charge in [0.05, 0.1) is 61.0 Å². The van der Waals surface area contributed by atoms with Gasteiger partial charge in [-0.15, -0.1) is 0 Å². The largest absolute Gasteiger partial charge is 0.453 e. The van der Waals surface area contributed by atoms with E-state index in [4.69, 9.17) is 4.74 Å². The normalized spacial score (nSPS) is 11.9. The summed E-state index contributed by atoms with van der Waals surface area (Å²) in [5.74, 6) is 1.74. The Kier molecular flexibility index (Phi) is 19.8. The third-order valence-corrected chi connectivity index (χ3v) is 28.5. The molecule has 0 unspecified atom stereocenters. The SMILES string of the molecule is Cc1ccc2c(c1)Oc1cc(C)ccc1N2c1cccc(-n2c3ccccc3c3cc4c(ccn4-c4ccccc4)cc32)c1.c1ccc(-n2ccc3cc4c(cc32)c2ccccc2n4-c2ccc(N(c3ccc4ccccc4c3)c3ccc4ccccc4c3)cc2)cc1.c1ccc(-n2ccc3cc4c(cc32)c2ccccc2n4-c2cccc(N(c3ccc4ccccc4c3)c3ccc4ccccc4c3)c2)cc1. The third kappa shape index (κ3) is 14.3. The van der Waals surface area contributed by atoms with Crippen molar-refractivity contribution in [3.63, 3.8) is 0 Å². The van der Waals surface area contributed by atoms with Gasteiger partial charge in [0.15, 0.2) is 11.5 Å². The van der Waals surface area contributed by atoms with Crippen LogP contribution in [0, 0.1) is 13.8 Å². The van der Waals surface area contributed by atoms with Gasteiger partial charge in [0.2, 0.25) is 0 Å². The Bertz CT molecular complexity index is 9630. The highest BCUT2D eigenvalue weighted by molar-refractivity contribution is 6.17. The number of nitrogens with zero attached hydrogens (tertiary/aromatic N) is 9. The highest BCUT2D eigenvalue weighted by Gasteiger charge is 2.29. The average molecular weight is 1820 g/mol. The first-order valence-electron chi connectivity index (χ1n) is 48.5. The van der Waals surface area contributed by atoms with Gasteiger partial charge in [-0.3, -0.25) is 0 Å². The summed E-state index contributed by atoms with van der Waals surface area (Å²) in [5.41, 5.74) is 29.9. The van der Waals surface area contributed by atoms with Crippen molar-refractivity contribution in [3.8, 4) is 45.6 Å². The van der Waals surface area contributed by atoms with Crippen molar-refractivity contribution < 1.29 is 4.74 Å². The van der Waals surface area contributed by atoms with Crippen molar-refractivity contribution >= 4 is 192 Å². The van der Waals surface area contributed by atoms with Crippen LogP contribution in [0.5, 0.6) is 11.5 Å². The quantitative estimate of drug-likeness (QED) is 0.115. The number of aryl methyl sites for hydroxylation is 2. The molecule has 0 spiro atoms. The Hall–Kier alpha value is -18.9. The minimum Gasteiger partial charge on any atom is -0.453 e. The second kappa shape index (κ2) is 34.1. The summed E-state index contributed by atoms with van der Waals surface area (Å²) in [6.07, 6.45) is 6.52. The molecule has 0 bridgehead atoms. The van der Waals surface area contributed by atoms with Crippen molar-refractivity contribution in [2.24, 2.45) is 0 Å². The lowest BCUT2D eigenvalue weighted by molar-refractivity contribution is 0.476. The molecule has 0 amide bonds. The summed E-state index contributed by atoms with van der Waals surface area (Å²) in [5, 5.41) is 20.9. The van der Waals surface area contributed by atoms with Crippen LogP contribution in [0.4, 0.5) is 51.2 Å². The zero-order valence-corrected chi connectivity index (χ0v) is 78.0. The summed E-state index contributed by atoms with van der Waals surface area (Å²) in [6, 6.07) is 180. The minimum absolute atomic E-state index is 0.871. The number of hydrogen-bond acceptors (Lipinski definition) is 4. The Morgan fingerprint density at radius 1 is 0.169 bits per heavy atom. The van der Waals surface area contributed by atoms with Gasteiger partial charge in [0, 0.05) is 141 Å². The van der Waals surface area contributed by atoms with Crippen LogP contribution < -0.4 is 19.4 Å². The minimum atomic E-state index is 0.871. The van der Waals surface area contributed by atoms with Gasteiger partial charge in [0.25, 0.3) is 0 Å². The number of fused-ring (bicyclic) bond motifs is 18. The molecule has 0 radical (unpaired) electrons. The van der Waals surface area contributed by atoms with E-state index in [0.717, 1.165) is 91.1 Å². The predicted octanol–water partition coefficient (Wildman–Crippen LogP) is 35.9. The molecular weight excluding hydrogens is 1730 g/mol. The van der Waals surface area contributed by atoms with E-state index < -0.39 is 0 Å². The Balaban J connectivity index is 0.000000107. The molecule has 670 valence electrons. The molecule has 7 heterocycles. The second-order valence-corrected chi connectivity index (χ2v) is 37.1. The molecule has 0 N–H and O–H groups in total. The monoisotopic (exact) mass is 1820 g/mol. The predicted molar refractivity (Wildman–Crippen MR) is 596 cm³/mol. The maximum Gasteiger partial charge on any atom is 0.151 e. The first-order valence-corrected chi connectivity index (χ1v) is 48.5. The molecule has 10 nitrogen and oxygen atoms in total. The fraction of sp³-hybridized carbons (Fsp3) is 0.0152. The van der Waals surface area contributed by atoms with Gasteiger partial charge >= 0.3 is 0 Å². The number of rotatable bonds is 13. The number of anilines is 9. The van der Waals surface area contributed by atoms with Crippen molar-refractivity contribution in [1.29, 1.82) is 0 Å². The number of aromatic nitrogens is 6. The lowest BCUT2D eigenvalue weighted by Gasteiger charge is -2.33. The molecule has 1 aliphatic heterocycles. The van der Waals surface area contributed by atoms with E-state index in [2.05, 4.69) is 572 Å². The summed E-state index contributed by atoms with van der Waals surface area (Å²) < 4.78 is 20.5. The molecule has 0 atom stereocenters. The zero-order chi connectivity index (χ0) is 94.0. The molecule has 0 fully saturated rings. The standard InChI is InChI=1S/2C46H31N3.C40H29N3O/c1-2-15-37(16-3-1)47-26-25-36-29-46-43(31-45(36)47)42-19-8-9-20-44(42)49(46)39-18-10-17-38(30-39)48(40-23-21-32-11-4-6-13-34(32)27-40)41-24-22-33-12-5-7-14-35(33)28-41;1-2-14-37(15-3-1)47-27-26-36-30-46-43(31-45(36)47)42-16-8-9-17-44(42)49(46)39-24-22-38(23-25-39)48(40-20-18-32-10-4-6-12-34(32)28-40)41-21-19-33-11-5-7-13-35(33)29-41;1-26-15-17-35-39(21-26)44-40-22-27(2)16-18-36(40)43(35)31-12-8-11-30(24-31)42-34-14-7-6-13-32(34)33-25-37-28(23-38(33)42)19-20-41(37)29-9-4-3-5-10-29/h2*1-31H;3-25H,1-2H3. The van der Waals surface area contributed by atoms with Crippen molar-refractivity contribution in [2.75, 3.05) is 14.7 Å². The summed E-state index contributed by atoms with van der Waals surface area (Å²) in [6.45, 7) is 4.21. The van der Waals surface area contributed by atoms with Crippen molar-refractivity contribution in [2.45, 2.75) is 13.8 Å². The smallest absolute Gasteiger partial charge is 0.151 e. The zero-order valence-electron chi connectivity index (χ0n) is 78.0. The van der Waals surface area contributed by atoms with E-state index in [9.17, 15) is 0 Å². The van der Waals surface area contributed by atoms with Crippen LogP contribution in [0.2, 0.25) is 0 Å². The van der Waals surface area contributed by atoms with E-state index in [1.807, 2.05) is 0 Å². The van der Waals surface area contributed by atoms with Crippen LogP contribution in [0.1, 0.15) is 11.1 Å². The van der Waals surface area contributed by atoms with Gasteiger partial charge in [-0.2, -0.15) is 0 Å². The molecule has 28 aromatic rings. The van der Waals surface area contributed by atoms with E-state index in [-0.39, 0.29) is 0 Å². The van der Waals surface area contributed by atoms with Crippen LogP contribution >= 0.6 is 0 Å². The van der Waals surface area contributed by atoms with E-state index in [1.54, 1.807) is 0 Å². The van der Waals surface area contributed by atoms with Crippen molar-refractivity contribution in [1.82, 2.24) is 27.4 Å². The molecule has 10 heteroatoms. The molecule has 29 rings (SSSR count). The molecule has 0 saturated heterocycles. The Morgan fingerprint density at radius 2 is 0.472 bits per heavy atom. The maximum absolute atomic E-state index is 6.43.